The van der Waals surface area contributed by atoms with Gasteiger partial charge >= 0.3 is 0 Å². The first-order chi connectivity index (χ1) is 9.88. The molecule has 0 saturated carbocycles. The third kappa shape index (κ3) is 3.34. The maximum absolute atomic E-state index is 12.3. The van der Waals surface area contributed by atoms with Crippen molar-refractivity contribution >= 4 is 11.5 Å². The second-order valence-corrected chi connectivity index (χ2v) is 5.27. The number of nitrogens with zero attached hydrogens (tertiary/aromatic N) is 1. The standard InChI is InChI=1S/C17H17NO3/c1-11-4-5-14(8-12(11)2)10-17(19)16-7-6-15(18(20)21)9-13(16)3/h4-9H,10H2,1-3H3. The number of non-ortho nitro benzene ring substituents is 1. The summed E-state index contributed by atoms with van der Waals surface area (Å²) in [5.41, 5.74) is 4.49. The van der Waals surface area contributed by atoms with E-state index in [0.717, 1.165) is 11.1 Å². The van der Waals surface area contributed by atoms with Gasteiger partial charge in [0.15, 0.2) is 5.78 Å². The van der Waals surface area contributed by atoms with Gasteiger partial charge in [0.25, 0.3) is 5.69 Å². The van der Waals surface area contributed by atoms with Crippen LogP contribution in [0.3, 0.4) is 0 Å². The van der Waals surface area contributed by atoms with Crippen LogP contribution in [0, 0.1) is 30.9 Å². The molecule has 0 amide bonds. The summed E-state index contributed by atoms with van der Waals surface area (Å²) in [6.45, 7) is 5.77. The van der Waals surface area contributed by atoms with Crippen LogP contribution < -0.4 is 0 Å². The molecule has 108 valence electrons. The highest BCUT2D eigenvalue weighted by Crippen LogP contribution is 2.19. The summed E-state index contributed by atoms with van der Waals surface area (Å²) >= 11 is 0. The van der Waals surface area contributed by atoms with E-state index >= 15 is 0 Å². The zero-order valence-corrected chi connectivity index (χ0v) is 12.3. The number of rotatable bonds is 4. The third-order valence-corrected chi connectivity index (χ3v) is 3.66. The first kappa shape index (κ1) is 14.9. The molecule has 0 aliphatic heterocycles. The number of nitro benzene ring substituents is 1. The fourth-order valence-electron chi connectivity index (χ4n) is 2.27. The van der Waals surface area contributed by atoms with Crippen LogP contribution in [-0.4, -0.2) is 10.7 Å². The zero-order valence-electron chi connectivity index (χ0n) is 12.3. The van der Waals surface area contributed by atoms with Crippen molar-refractivity contribution in [3.63, 3.8) is 0 Å². The number of hydrogen-bond donors (Lipinski definition) is 0. The highest BCUT2D eigenvalue weighted by Gasteiger charge is 2.14. The first-order valence-electron chi connectivity index (χ1n) is 6.73. The van der Waals surface area contributed by atoms with Gasteiger partial charge in [0.1, 0.15) is 0 Å². The number of Topliss-reactive ketones (excluding diaryl/α,β-unsaturated/α-hetero) is 1. The van der Waals surface area contributed by atoms with E-state index in [0.29, 0.717) is 17.5 Å². The second kappa shape index (κ2) is 5.87. The summed E-state index contributed by atoms with van der Waals surface area (Å²) in [4.78, 5) is 22.6. The maximum Gasteiger partial charge on any atom is 0.269 e. The molecule has 0 spiro atoms. The quantitative estimate of drug-likeness (QED) is 0.485. The summed E-state index contributed by atoms with van der Waals surface area (Å²) in [5, 5.41) is 10.7. The molecule has 2 rings (SSSR count). The Bertz CT molecular complexity index is 720. The highest BCUT2D eigenvalue weighted by atomic mass is 16.6. The topological polar surface area (TPSA) is 60.2 Å². The lowest BCUT2D eigenvalue weighted by Gasteiger charge is -2.07. The van der Waals surface area contributed by atoms with E-state index in [2.05, 4.69) is 0 Å². The summed E-state index contributed by atoms with van der Waals surface area (Å²) in [7, 11) is 0. The third-order valence-electron chi connectivity index (χ3n) is 3.66. The van der Waals surface area contributed by atoms with Crippen molar-refractivity contribution in [1.82, 2.24) is 0 Å². The van der Waals surface area contributed by atoms with Crippen molar-refractivity contribution in [3.8, 4) is 0 Å². The molecule has 0 bridgehead atoms. The van der Waals surface area contributed by atoms with Crippen molar-refractivity contribution in [2.24, 2.45) is 0 Å². The van der Waals surface area contributed by atoms with Crippen molar-refractivity contribution in [1.29, 1.82) is 0 Å². The molecule has 4 heteroatoms. The number of benzene rings is 2. The molecule has 0 heterocycles. The molecule has 0 unspecified atom stereocenters. The Labute approximate surface area is 123 Å². The Hall–Kier alpha value is -2.49. The van der Waals surface area contributed by atoms with Gasteiger partial charge in [-0.3, -0.25) is 14.9 Å². The molecule has 2 aromatic rings. The Morgan fingerprint density at radius 3 is 2.29 bits per heavy atom. The van der Waals surface area contributed by atoms with E-state index in [4.69, 9.17) is 0 Å². The zero-order chi connectivity index (χ0) is 15.6. The van der Waals surface area contributed by atoms with E-state index in [1.54, 1.807) is 6.92 Å². The molecule has 0 aromatic heterocycles. The smallest absolute Gasteiger partial charge is 0.269 e. The molecule has 0 fully saturated rings. The number of aryl methyl sites for hydroxylation is 3. The molecule has 0 radical (unpaired) electrons. The fourth-order valence-corrected chi connectivity index (χ4v) is 2.27. The van der Waals surface area contributed by atoms with E-state index in [1.165, 1.54) is 23.8 Å². The molecular formula is C17H17NO3. The maximum atomic E-state index is 12.3. The lowest BCUT2D eigenvalue weighted by molar-refractivity contribution is -0.384. The van der Waals surface area contributed by atoms with E-state index < -0.39 is 4.92 Å². The monoisotopic (exact) mass is 283 g/mol. The van der Waals surface area contributed by atoms with Crippen LogP contribution in [-0.2, 0) is 6.42 Å². The van der Waals surface area contributed by atoms with E-state index in [1.807, 2.05) is 32.0 Å². The SMILES string of the molecule is Cc1ccc(CC(=O)c2ccc([N+](=O)[O-])cc2C)cc1C. The molecule has 21 heavy (non-hydrogen) atoms. The number of nitro groups is 1. The minimum atomic E-state index is -0.454. The normalized spacial score (nSPS) is 10.4. The van der Waals surface area contributed by atoms with Gasteiger partial charge < -0.3 is 0 Å². The second-order valence-electron chi connectivity index (χ2n) is 5.27. The van der Waals surface area contributed by atoms with Crippen LogP contribution in [0.2, 0.25) is 0 Å². The van der Waals surface area contributed by atoms with Gasteiger partial charge in [-0.1, -0.05) is 18.2 Å². The minimum absolute atomic E-state index is 0.00947. The fraction of sp³-hybridized carbons (Fsp3) is 0.235. The van der Waals surface area contributed by atoms with Crippen molar-refractivity contribution in [3.05, 3.63) is 74.3 Å². The van der Waals surface area contributed by atoms with Crippen LogP contribution in [0.5, 0.6) is 0 Å². The highest BCUT2D eigenvalue weighted by molar-refractivity contribution is 5.99. The Morgan fingerprint density at radius 1 is 1.00 bits per heavy atom. The Kier molecular flexibility index (Phi) is 4.17. The predicted molar refractivity (Wildman–Crippen MR) is 81.8 cm³/mol. The van der Waals surface area contributed by atoms with Gasteiger partial charge in [0.2, 0.25) is 0 Å². The Morgan fingerprint density at radius 2 is 1.71 bits per heavy atom. The molecule has 0 saturated heterocycles. The number of ketones is 1. The van der Waals surface area contributed by atoms with Gasteiger partial charge in [-0.25, -0.2) is 0 Å². The summed E-state index contributed by atoms with van der Waals surface area (Å²) in [5.74, 6) is -0.0225. The lowest BCUT2D eigenvalue weighted by atomic mass is 9.97. The summed E-state index contributed by atoms with van der Waals surface area (Å²) in [6, 6.07) is 10.3. The van der Waals surface area contributed by atoms with Crippen LogP contribution >= 0.6 is 0 Å². The van der Waals surface area contributed by atoms with Crippen LogP contribution in [0.4, 0.5) is 5.69 Å². The minimum Gasteiger partial charge on any atom is -0.294 e. The summed E-state index contributed by atoms with van der Waals surface area (Å²) in [6.07, 6.45) is 0.305. The molecule has 0 atom stereocenters. The number of carbonyl (C=O) groups excluding carboxylic acids is 1. The van der Waals surface area contributed by atoms with E-state index in [9.17, 15) is 14.9 Å². The van der Waals surface area contributed by atoms with Crippen LogP contribution in [0.25, 0.3) is 0 Å². The van der Waals surface area contributed by atoms with Gasteiger partial charge in [-0.05, 0) is 49.1 Å². The molecule has 2 aromatic carbocycles. The molecule has 4 nitrogen and oxygen atoms in total. The van der Waals surface area contributed by atoms with Crippen molar-refractivity contribution in [2.75, 3.05) is 0 Å². The van der Waals surface area contributed by atoms with Gasteiger partial charge in [0, 0.05) is 24.1 Å². The largest absolute Gasteiger partial charge is 0.294 e. The lowest BCUT2D eigenvalue weighted by Crippen LogP contribution is -2.06. The van der Waals surface area contributed by atoms with Crippen molar-refractivity contribution < 1.29 is 9.72 Å². The van der Waals surface area contributed by atoms with Crippen LogP contribution in [0.15, 0.2) is 36.4 Å². The number of carbonyl (C=O) groups is 1. The van der Waals surface area contributed by atoms with Gasteiger partial charge in [-0.2, -0.15) is 0 Å². The van der Waals surface area contributed by atoms with Gasteiger partial charge in [0.05, 0.1) is 4.92 Å². The van der Waals surface area contributed by atoms with Gasteiger partial charge in [-0.15, -0.1) is 0 Å². The molecule has 0 N–H and O–H groups in total. The molecular weight excluding hydrogens is 266 g/mol. The first-order valence-corrected chi connectivity index (χ1v) is 6.73. The average Bonchev–Trinajstić information content (AvgIpc) is 2.42. The predicted octanol–water partition coefficient (Wildman–Crippen LogP) is 3.95. The average molecular weight is 283 g/mol. The molecule has 0 aliphatic carbocycles. The van der Waals surface area contributed by atoms with Crippen LogP contribution in [0.1, 0.15) is 32.6 Å². The Balaban J connectivity index is 2.24. The van der Waals surface area contributed by atoms with E-state index in [-0.39, 0.29) is 11.5 Å². The molecule has 0 aliphatic rings. The van der Waals surface area contributed by atoms with Crippen molar-refractivity contribution in [2.45, 2.75) is 27.2 Å². The summed E-state index contributed by atoms with van der Waals surface area (Å²) < 4.78 is 0. The number of hydrogen-bond acceptors (Lipinski definition) is 3.